The second-order valence-corrected chi connectivity index (χ2v) is 7.23. The molecule has 1 amide bonds. The van der Waals surface area contributed by atoms with Crippen LogP contribution in [-0.2, 0) is 4.79 Å². The molecule has 1 aliphatic heterocycles. The van der Waals surface area contributed by atoms with Crippen LogP contribution in [0.25, 0.3) is 6.08 Å². The summed E-state index contributed by atoms with van der Waals surface area (Å²) in [6.07, 6.45) is 1.53. The van der Waals surface area contributed by atoms with Gasteiger partial charge >= 0.3 is 0 Å². The number of carbonyl (C=O) groups excluding carboxylic acids is 1. The summed E-state index contributed by atoms with van der Waals surface area (Å²) in [5.74, 6) is -0.319. The Balaban J connectivity index is 1.90. The van der Waals surface area contributed by atoms with Crippen LogP contribution in [0.15, 0.2) is 46.3 Å². The molecule has 8 heteroatoms. The first-order valence-electron chi connectivity index (χ1n) is 7.63. The van der Waals surface area contributed by atoms with Gasteiger partial charge in [0, 0.05) is 22.7 Å². The van der Waals surface area contributed by atoms with Crippen molar-refractivity contribution < 1.29 is 9.72 Å². The second kappa shape index (κ2) is 7.31. The van der Waals surface area contributed by atoms with Gasteiger partial charge in [-0.15, -0.1) is 0 Å². The number of hydrogen-bond acceptors (Lipinski definition) is 5. The number of nitrogens with zero attached hydrogens (tertiary/aromatic N) is 2. The Hall–Kier alpha value is -2.64. The van der Waals surface area contributed by atoms with E-state index >= 15 is 0 Å². The van der Waals surface area contributed by atoms with Crippen LogP contribution in [0.3, 0.4) is 0 Å². The number of nitro benzene ring substituents is 1. The third-order valence-corrected chi connectivity index (χ3v) is 4.82. The lowest BCUT2D eigenvalue weighted by Gasteiger charge is -2.01. The van der Waals surface area contributed by atoms with Crippen molar-refractivity contribution in [2.75, 3.05) is 0 Å². The van der Waals surface area contributed by atoms with E-state index in [0.717, 1.165) is 16.8 Å². The summed E-state index contributed by atoms with van der Waals surface area (Å²) in [7, 11) is 0. The molecule has 3 rings (SSSR count). The molecule has 0 aromatic heterocycles. The van der Waals surface area contributed by atoms with E-state index in [4.69, 9.17) is 11.6 Å². The van der Waals surface area contributed by atoms with E-state index in [0.29, 0.717) is 20.7 Å². The number of benzene rings is 2. The molecule has 26 heavy (non-hydrogen) atoms. The molecule has 132 valence electrons. The number of halogens is 1. The lowest BCUT2D eigenvalue weighted by atomic mass is 10.1. The quantitative estimate of drug-likeness (QED) is 0.467. The Morgan fingerprint density at radius 2 is 1.88 bits per heavy atom. The summed E-state index contributed by atoms with van der Waals surface area (Å²) in [6, 6.07) is 9.98. The van der Waals surface area contributed by atoms with E-state index < -0.39 is 4.92 Å². The Morgan fingerprint density at radius 3 is 2.54 bits per heavy atom. The van der Waals surface area contributed by atoms with Gasteiger partial charge in [-0.25, -0.2) is 4.99 Å². The van der Waals surface area contributed by atoms with E-state index in [1.807, 2.05) is 32.0 Å². The van der Waals surface area contributed by atoms with Gasteiger partial charge in [-0.3, -0.25) is 14.9 Å². The zero-order valence-electron chi connectivity index (χ0n) is 13.9. The molecule has 2 aromatic carbocycles. The summed E-state index contributed by atoms with van der Waals surface area (Å²) < 4.78 is 0. The standard InChI is InChI=1S/C18H14ClN3O3S/c1-10-5-11(2)7-13(6-10)20-18-21-17(23)16(26-18)9-12-8-14(22(24)25)3-4-15(12)19/h3-9H,1-2H3,(H,20,21,23)/b16-9-. The summed E-state index contributed by atoms with van der Waals surface area (Å²) >= 11 is 7.25. The number of hydrogen-bond donors (Lipinski definition) is 1. The molecule has 1 aliphatic rings. The Bertz CT molecular complexity index is 965. The lowest BCUT2D eigenvalue weighted by molar-refractivity contribution is -0.384. The predicted octanol–water partition coefficient (Wildman–Crippen LogP) is 4.76. The molecule has 1 saturated heterocycles. The van der Waals surface area contributed by atoms with Crippen LogP contribution < -0.4 is 5.32 Å². The van der Waals surface area contributed by atoms with Gasteiger partial charge in [0.15, 0.2) is 5.17 Å². The van der Waals surface area contributed by atoms with E-state index in [9.17, 15) is 14.9 Å². The first-order valence-corrected chi connectivity index (χ1v) is 8.83. The molecule has 0 bridgehead atoms. The number of thioether (sulfide) groups is 1. The second-order valence-electron chi connectivity index (χ2n) is 5.79. The van der Waals surface area contributed by atoms with Crippen LogP contribution >= 0.6 is 23.4 Å². The largest absolute Gasteiger partial charge is 0.300 e. The van der Waals surface area contributed by atoms with Crippen molar-refractivity contribution in [1.29, 1.82) is 0 Å². The van der Waals surface area contributed by atoms with Crippen LogP contribution in [0.4, 0.5) is 11.4 Å². The minimum absolute atomic E-state index is 0.0891. The van der Waals surface area contributed by atoms with Crippen molar-refractivity contribution >= 4 is 51.9 Å². The monoisotopic (exact) mass is 387 g/mol. The van der Waals surface area contributed by atoms with Crippen LogP contribution in [0, 0.1) is 24.0 Å². The zero-order chi connectivity index (χ0) is 18.8. The molecule has 1 N–H and O–H groups in total. The Labute approximate surface area is 159 Å². The van der Waals surface area contributed by atoms with Crippen molar-refractivity contribution in [3.8, 4) is 0 Å². The van der Waals surface area contributed by atoms with Crippen LogP contribution in [-0.4, -0.2) is 16.0 Å². The molecule has 1 fully saturated rings. The maximum atomic E-state index is 12.2. The number of aliphatic imine (C=N–C) groups is 1. The van der Waals surface area contributed by atoms with Gasteiger partial charge in [0.25, 0.3) is 11.6 Å². The van der Waals surface area contributed by atoms with E-state index in [1.165, 1.54) is 36.0 Å². The van der Waals surface area contributed by atoms with E-state index in [2.05, 4.69) is 10.3 Å². The van der Waals surface area contributed by atoms with Gasteiger partial charge in [0.2, 0.25) is 0 Å². The summed E-state index contributed by atoms with van der Waals surface area (Å²) in [6.45, 7) is 3.96. The highest BCUT2D eigenvalue weighted by molar-refractivity contribution is 8.18. The van der Waals surface area contributed by atoms with Crippen molar-refractivity contribution in [3.05, 3.63) is 73.1 Å². The Kier molecular flexibility index (Phi) is 5.11. The first-order chi connectivity index (χ1) is 12.3. The minimum Gasteiger partial charge on any atom is -0.300 e. The third-order valence-electron chi connectivity index (χ3n) is 3.56. The number of amidine groups is 1. The molecule has 6 nitrogen and oxygen atoms in total. The average molecular weight is 388 g/mol. The van der Waals surface area contributed by atoms with Crippen LogP contribution in [0.2, 0.25) is 5.02 Å². The van der Waals surface area contributed by atoms with Crippen molar-refractivity contribution in [3.63, 3.8) is 0 Å². The molecular formula is C18H14ClN3O3S. The van der Waals surface area contributed by atoms with Gasteiger partial charge in [-0.05, 0) is 61.0 Å². The summed E-state index contributed by atoms with van der Waals surface area (Å²) in [4.78, 5) is 27.4. The third kappa shape index (κ3) is 4.12. The molecule has 0 radical (unpaired) electrons. The number of non-ortho nitro benzene ring substituents is 1. The molecule has 0 saturated carbocycles. The number of aryl methyl sites for hydroxylation is 2. The summed E-state index contributed by atoms with van der Waals surface area (Å²) in [5.41, 5.74) is 3.23. The zero-order valence-corrected chi connectivity index (χ0v) is 15.5. The fraction of sp³-hybridized carbons (Fsp3) is 0.111. The minimum atomic E-state index is -0.507. The average Bonchev–Trinajstić information content (AvgIpc) is 2.87. The lowest BCUT2D eigenvalue weighted by Crippen LogP contribution is -2.19. The fourth-order valence-electron chi connectivity index (χ4n) is 2.51. The van der Waals surface area contributed by atoms with Gasteiger partial charge in [0.05, 0.1) is 15.5 Å². The van der Waals surface area contributed by atoms with E-state index in [-0.39, 0.29) is 11.6 Å². The molecule has 0 atom stereocenters. The van der Waals surface area contributed by atoms with Crippen molar-refractivity contribution in [2.24, 2.45) is 4.99 Å². The fourth-order valence-corrected chi connectivity index (χ4v) is 3.51. The number of nitrogens with one attached hydrogen (secondary N) is 1. The van der Waals surface area contributed by atoms with Crippen molar-refractivity contribution in [2.45, 2.75) is 13.8 Å². The maximum Gasteiger partial charge on any atom is 0.270 e. The first kappa shape index (κ1) is 18.2. The van der Waals surface area contributed by atoms with Crippen molar-refractivity contribution in [1.82, 2.24) is 5.32 Å². The molecule has 0 unspecified atom stereocenters. The predicted molar refractivity (Wildman–Crippen MR) is 105 cm³/mol. The maximum absolute atomic E-state index is 12.2. The molecule has 0 spiro atoms. The normalized spacial score (nSPS) is 17.0. The number of nitro groups is 1. The smallest absolute Gasteiger partial charge is 0.270 e. The number of rotatable bonds is 3. The highest BCUT2D eigenvalue weighted by Crippen LogP contribution is 2.31. The van der Waals surface area contributed by atoms with E-state index in [1.54, 1.807) is 0 Å². The topological polar surface area (TPSA) is 84.6 Å². The highest BCUT2D eigenvalue weighted by Gasteiger charge is 2.24. The molecule has 2 aromatic rings. The Morgan fingerprint density at radius 1 is 1.19 bits per heavy atom. The van der Waals surface area contributed by atoms with Crippen LogP contribution in [0.5, 0.6) is 0 Å². The SMILES string of the molecule is Cc1cc(C)cc(N=C2NC(=O)/C(=C/c3cc([N+](=O)[O-])ccc3Cl)S2)c1. The van der Waals surface area contributed by atoms with Gasteiger partial charge < -0.3 is 5.32 Å². The molecular weight excluding hydrogens is 374 g/mol. The van der Waals surface area contributed by atoms with Crippen LogP contribution in [0.1, 0.15) is 16.7 Å². The summed E-state index contributed by atoms with van der Waals surface area (Å²) in [5, 5.41) is 14.4. The number of carbonyl (C=O) groups is 1. The molecule has 0 aliphatic carbocycles. The van der Waals surface area contributed by atoms with Gasteiger partial charge in [-0.1, -0.05) is 17.7 Å². The molecule has 1 heterocycles. The highest BCUT2D eigenvalue weighted by atomic mass is 35.5. The van der Waals surface area contributed by atoms with Gasteiger partial charge in [-0.2, -0.15) is 0 Å². The van der Waals surface area contributed by atoms with Gasteiger partial charge in [0.1, 0.15) is 0 Å². The number of amides is 1.